The van der Waals surface area contributed by atoms with Gasteiger partial charge < -0.3 is 0 Å². The van der Waals surface area contributed by atoms with Crippen molar-refractivity contribution < 1.29 is 0 Å². The first kappa shape index (κ1) is 28.5. The van der Waals surface area contributed by atoms with Gasteiger partial charge in [0.1, 0.15) is 0 Å². The summed E-state index contributed by atoms with van der Waals surface area (Å²) in [6.07, 6.45) is 0. The summed E-state index contributed by atoms with van der Waals surface area (Å²) < 4.78 is 0. The van der Waals surface area contributed by atoms with Gasteiger partial charge in [-0.25, -0.2) is 0 Å². The summed E-state index contributed by atoms with van der Waals surface area (Å²) in [5.74, 6) is 0. The van der Waals surface area contributed by atoms with Crippen molar-refractivity contribution in [2.45, 2.75) is 0 Å². The van der Waals surface area contributed by atoms with Crippen molar-refractivity contribution in [2.75, 3.05) is 0 Å². The van der Waals surface area contributed by atoms with Gasteiger partial charge in [0.25, 0.3) is 0 Å². The monoisotopic (exact) mass is 632 g/mol. The first-order valence-electron chi connectivity index (χ1n) is 17.3. The molecule has 0 heteroatoms. The molecule has 10 aromatic rings. The second-order valence-corrected chi connectivity index (χ2v) is 13.3. The Labute approximate surface area is 291 Å². The molecule has 0 saturated carbocycles. The highest BCUT2D eigenvalue weighted by atomic mass is 14.2. The van der Waals surface area contributed by atoms with E-state index in [1.54, 1.807) is 0 Å². The number of hydrogen-bond acceptors (Lipinski definition) is 0. The molecule has 0 radical (unpaired) electrons. The largest absolute Gasteiger partial charge is 0.0616 e. The fourth-order valence-corrected chi connectivity index (χ4v) is 8.01. The smallest absolute Gasteiger partial charge is 0.00262 e. The van der Waals surface area contributed by atoms with Crippen LogP contribution in [0, 0.1) is 0 Å². The summed E-state index contributed by atoms with van der Waals surface area (Å²) in [5, 5.41) is 12.6. The Kier molecular flexibility index (Phi) is 6.60. The van der Waals surface area contributed by atoms with Gasteiger partial charge >= 0.3 is 0 Å². The molecule has 232 valence electrons. The quantitative estimate of drug-likeness (QED) is 0.169. The lowest BCUT2D eigenvalue weighted by atomic mass is 9.84. The van der Waals surface area contributed by atoms with Gasteiger partial charge in [0.05, 0.1) is 0 Å². The van der Waals surface area contributed by atoms with Crippen LogP contribution in [-0.2, 0) is 0 Å². The summed E-state index contributed by atoms with van der Waals surface area (Å²) in [4.78, 5) is 0. The molecule has 50 heavy (non-hydrogen) atoms. The second-order valence-electron chi connectivity index (χ2n) is 13.3. The van der Waals surface area contributed by atoms with Gasteiger partial charge in [-0.1, -0.05) is 164 Å². The summed E-state index contributed by atoms with van der Waals surface area (Å²) in [6, 6.07) is 71.5. The molecule has 0 bridgehead atoms. The van der Waals surface area contributed by atoms with E-state index in [4.69, 9.17) is 0 Å². The van der Waals surface area contributed by atoms with Crippen LogP contribution in [-0.4, -0.2) is 0 Å². The molecular formula is C50H32. The first-order valence-corrected chi connectivity index (χ1v) is 17.3. The third kappa shape index (κ3) is 4.69. The van der Waals surface area contributed by atoms with Gasteiger partial charge in [-0.3, -0.25) is 0 Å². The maximum atomic E-state index is 2.40. The predicted octanol–water partition coefficient (Wildman–Crippen LogP) is 14.1. The van der Waals surface area contributed by atoms with Gasteiger partial charge in [-0.05, 0) is 129 Å². The average molecular weight is 633 g/mol. The Balaban J connectivity index is 1.21. The highest BCUT2D eigenvalue weighted by Gasteiger charge is 2.18. The molecule has 0 fully saturated rings. The standard InChI is InChI=1S/C50H32/c1-3-14-35-28-40(26-24-33(35)12-1)48-32-38-17-6-5-16-37(38)31-47(48)39-18-11-19-41(30-39)49-43-20-7-9-22-45(43)50(46-23-10-8-21-44(46)49)42-27-25-34-13-2-4-15-36(34)29-42/h1-32H. The zero-order valence-electron chi connectivity index (χ0n) is 27.5. The third-order valence-corrected chi connectivity index (χ3v) is 10.4. The minimum Gasteiger partial charge on any atom is -0.0616 e. The Morgan fingerprint density at radius 3 is 1.04 bits per heavy atom. The van der Waals surface area contributed by atoms with Gasteiger partial charge in [-0.15, -0.1) is 0 Å². The lowest BCUT2D eigenvalue weighted by Gasteiger charge is -2.19. The van der Waals surface area contributed by atoms with E-state index in [1.165, 1.54) is 98.4 Å². The van der Waals surface area contributed by atoms with E-state index in [2.05, 4.69) is 194 Å². The molecule has 0 spiro atoms. The maximum Gasteiger partial charge on any atom is -0.00262 e. The topological polar surface area (TPSA) is 0 Å². The summed E-state index contributed by atoms with van der Waals surface area (Å²) in [7, 11) is 0. The van der Waals surface area contributed by atoms with Crippen LogP contribution in [0.2, 0.25) is 0 Å². The first-order chi connectivity index (χ1) is 24.8. The van der Waals surface area contributed by atoms with Crippen molar-refractivity contribution in [3.05, 3.63) is 194 Å². The molecule has 0 N–H and O–H groups in total. The Hall–Kier alpha value is -6.50. The molecule has 0 aliphatic heterocycles. The van der Waals surface area contributed by atoms with Crippen LogP contribution in [0.15, 0.2) is 194 Å². The normalized spacial score (nSPS) is 11.6. The Morgan fingerprint density at radius 2 is 0.540 bits per heavy atom. The van der Waals surface area contributed by atoms with E-state index in [1.807, 2.05) is 0 Å². The minimum atomic E-state index is 1.21. The molecule has 0 nitrogen and oxygen atoms in total. The summed E-state index contributed by atoms with van der Waals surface area (Å²) in [6.45, 7) is 0. The number of rotatable bonds is 4. The zero-order chi connectivity index (χ0) is 33.0. The van der Waals surface area contributed by atoms with E-state index in [0.29, 0.717) is 0 Å². The predicted molar refractivity (Wildman–Crippen MR) is 216 cm³/mol. The fraction of sp³-hybridized carbons (Fsp3) is 0. The van der Waals surface area contributed by atoms with Crippen molar-refractivity contribution in [2.24, 2.45) is 0 Å². The van der Waals surface area contributed by atoms with E-state index in [-0.39, 0.29) is 0 Å². The van der Waals surface area contributed by atoms with Crippen molar-refractivity contribution in [1.82, 2.24) is 0 Å². The van der Waals surface area contributed by atoms with Crippen LogP contribution in [0.25, 0.3) is 98.4 Å². The molecule has 0 heterocycles. The molecule has 0 aromatic heterocycles. The second kappa shape index (κ2) is 11.6. The van der Waals surface area contributed by atoms with Crippen molar-refractivity contribution in [1.29, 1.82) is 0 Å². The van der Waals surface area contributed by atoms with Crippen molar-refractivity contribution in [3.63, 3.8) is 0 Å². The molecule has 0 unspecified atom stereocenters. The van der Waals surface area contributed by atoms with Gasteiger partial charge in [0.15, 0.2) is 0 Å². The molecule has 0 amide bonds. The fourth-order valence-electron chi connectivity index (χ4n) is 8.01. The van der Waals surface area contributed by atoms with E-state index >= 15 is 0 Å². The third-order valence-electron chi connectivity index (χ3n) is 10.4. The van der Waals surface area contributed by atoms with Crippen molar-refractivity contribution in [3.8, 4) is 44.5 Å². The molecule has 0 aliphatic carbocycles. The lowest BCUT2D eigenvalue weighted by molar-refractivity contribution is 1.61. The number of hydrogen-bond donors (Lipinski definition) is 0. The van der Waals surface area contributed by atoms with Crippen LogP contribution < -0.4 is 0 Å². The van der Waals surface area contributed by atoms with Crippen LogP contribution in [0.5, 0.6) is 0 Å². The van der Waals surface area contributed by atoms with Gasteiger partial charge in [-0.2, -0.15) is 0 Å². The Morgan fingerprint density at radius 1 is 0.200 bits per heavy atom. The molecule has 0 atom stereocenters. The maximum absolute atomic E-state index is 2.40. The van der Waals surface area contributed by atoms with Crippen LogP contribution in [0.1, 0.15) is 0 Å². The highest BCUT2D eigenvalue weighted by Crippen LogP contribution is 2.45. The van der Waals surface area contributed by atoms with Crippen LogP contribution in [0.3, 0.4) is 0 Å². The Bertz CT molecular complexity index is 2870. The molecule has 10 aromatic carbocycles. The summed E-state index contributed by atoms with van der Waals surface area (Å²) >= 11 is 0. The zero-order valence-corrected chi connectivity index (χ0v) is 27.5. The lowest BCUT2D eigenvalue weighted by Crippen LogP contribution is -1.92. The van der Waals surface area contributed by atoms with Gasteiger partial charge in [0.2, 0.25) is 0 Å². The van der Waals surface area contributed by atoms with Gasteiger partial charge in [0, 0.05) is 0 Å². The van der Waals surface area contributed by atoms with E-state index < -0.39 is 0 Å². The minimum absolute atomic E-state index is 1.21. The van der Waals surface area contributed by atoms with Crippen molar-refractivity contribution >= 4 is 53.9 Å². The number of benzene rings is 10. The SMILES string of the molecule is c1cc(-c2cc3ccccc3cc2-c2ccc3ccccc3c2)cc(-c2c3ccccc3c(-c3ccc4ccccc4c3)c3ccccc23)c1. The number of fused-ring (bicyclic) bond motifs is 5. The highest BCUT2D eigenvalue weighted by molar-refractivity contribution is 6.22. The average Bonchev–Trinajstić information content (AvgIpc) is 3.19. The van der Waals surface area contributed by atoms with Crippen LogP contribution in [0.4, 0.5) is 0 Å². The molecule has 10 rings (SSSR count). The van der Waals surface area contributed by atoms with Crippen LogP contribution >= 0.6 is 0 Å². The van der Waals surface area contributed by atoms with E-state index in [9.17, 15) is 0 Å². The molecule has 0 aliphatic rings. The summed E-state index contributed by atoms with van der Waals surface area (Å²) in [5.41, 5.74) is 9.94. The molecule has 0 saturated heterocycles. The molecular weight excluding hydrogens is 601 g/mol. The van der Waals surface area contributed by atoms with E-state index in [0.717, 1.165) is 0 Å².